The smallest absolute Gasteiger partial charge is 0.351 e. The molecule has 3 aromatic rings. The van der Waals surface area contributed by atoms with E-state index in [0.717, 1.165) is 10.1 Å². The van der Waals surface area contributed by atoms with Gasteiger partial charge in [-0.1, -0.05) is 60.1 Å². The normalized spacial score (nSPS) is 15.4. The number of benzene rings is 2. The number of morpholine rings is 1. The van der Waals surface area contributed by atoms with Gasteiger partial charge in [0.25, 0.3) is 5.91 Å². The molecule has 1 aliphatic rings. The quantitative estimate of drug-likeness (QED) is 0.596. The van der Waals surface area contributed by atoms with Crippen molar-refractivity contribution in [3.05, 3.63) is 70.1 Å². The van der Waals surface area contributed by atoms with E-state index in [1.165, 1.54) is 11.3 Å². The van der Waals surface area contributed by atoms with Gasteiger partial charge in [0.05, 0.1) is 18.2 Å². The molecule has 4 rings (SSSR count). The molecular formula is C21H18ClNO4S. The molecule has 1 aromatic heterocycles. The molecule has 0 N–H and O–H groups in total. The van der Waals surface area contributed by atoms with E-state index in [4.69, 9.17) is 21.1 Å². The van der Waals surface area contributed by atoms with Gasteiger partial charge in [-0.3, -0.25) is 4.79 Å². The molecule has 5 nitrogen and oxygen atoms in total. The first-order valence-corrected chi connectivity index (χ1v) is 10.1. The van der Waals surface area contributed by atoms with Gasteiger partial charge in [0, 0.05) is 28.7 Å². The molecule has 0 unspecified atom stereocenters. The van der Waals surface area contributed by atoms with Crippen molar-refractivity contribution in [3.63, 3.8) is 0 Å². The molecule has 0 aliphatic carbocycles. The zero-order valence-electron chi connectivity index (χ0n) is 15.0. The number of esters is 1. The lowest BCUT2D eigenvalue weighted by molar-refractivity contribution is -0.145. The maximum atomic E-state index is 13.1. The average molecular weight is 416 g/mol. The summed E-state index contributed by atoms with van der Waals surface area (Å²) in [6.07, 6.45) is -1.02. The van der Waals surface area contributed by atoms with Gasteiger partial charge >= 0.3 is 5.97 Å². The second-order valence-corrected chi connectivity index (χ2v) is 7.81. The Morgan fingerprint density at radius 3 is 2.43 bits per heavy atom. The Bertz CT molecular complexity index is 998. The molecule has 0 saturated carbocycles. The summed E-state index contributed by atoms with van der Waals surface area (Å²) in [6, 6.07) is 16.6. The Labute approximate surface area is 171 Å². The third-order valence-corrected chi connectivity index (χ3v) is 6.25. The van der Waals surface area contributed by atoms with Gasteiger partial charge in [0.2, 0.25) is 6.10 Å². The molecule has 28 heavy (non-hydrogen) atoms. The molecule has 7 heteroatoms. The number of halogens is 1. The lowest BCUT2D eigenvalue weighted by atomic mass is 10.1. The molecule has 0 bridgehead atoms. The van der Waals surface area contributed by atoms with Gasteiger partial charge in [-0.2, -0.15) is 0 Å². The predicted molar refractivity (Wildman–Crippen MR) is 109 cm³/mol. The van der Waals surface area contributed by atoms with Crippen molar-refractivity contribution in [3.8, 4) is 0 Å². The van der Waals surface area contributed by atoms with Crippen LogP contribution < -0.4 is 0 Å². The number of rotatable bonds is 4. The molecule has 0 spiro atoms. The van der Waals surface area contributed by atoms with E-state index >= 15 is 0 Å². The van der Waals surface area contributed by atoms with Crippen molar-refractivity contribution in [1.29, 1.82) is 0 Å². The van der Waals surface area contributed by atoms with E-state index < -0.39 is 12.1 Å². The van der Waals surface area contributed by atoms with Crippen molar-refractivity contribution < 1.29 is 19.1 Å². The van der Waals surface area contributed by atoms with E-state index in [9.17, 15) is 9.59 Å². The second-order valence-electron chi connectivity index (χ2n) is 6.38. The first kappa shape index (κ1) is 18.9. The summed E-state index contributed by atoms with van der Waals surface area (Å²) in [7, 11) is 0. The molecule has 2 aromatic carbocycles. The van der Waals surface area contributed by atoms with Crippen LogP contribution in [-0.2, 0) is 14.3 Å². The largest absolute Gasteiger partial charge is 0.443 e. The summed E-state index contributed by atoms with van der Waals surface area (Å²) < 4.78 is 11.9. The minimum Gasteiger partial charge on any atom is -0.443 e. The van der Waals surface area contributed by atoms with Crippen molar-refractivity contribution in [2.45, 2.75) is 6.10 Å². The van der Waals surface area contributed by atoms with Crippen LogP contribution in [-0.4, -0.2) is 43.1 Å². The Morgan fingerprint density at radius 2 is 1.71 bits per heavy atom. The van der Waals surface area contributed by atoms with Crippen LogP contribution in [0.3, 0.4) is 0 Å². The van der Waals surface area contributed by atoms with Crippen LogP contribution in [0, 0.1) is 0 Å². The highest BCUT2D eigenvalue weighted by atomic mass is 35.5. The Balaban J connectivity index is 1.63. The monoisotopic (exact) mass is 415 g/mol. The lowest BCUT2D eigenvalue weighted by Gasteiger charge is -2.30. The highest BCUT2D eigenvalue weighted by molar-refractivity contribution is 7.21. The van der Waals surface area contributed by atoms with Crippen molar-refractivity contribution in [2.75, 3.05) is 26.3 Å². The maximum absolute atomic E-state index is 13.1. The first-order chi connectivity index (χ1) is 13.6. The SMILES string of the molecule is O=C(O[C@@H](C(=O)N1CCOCC1)c1ccccc1)c1sc2ccccc2c1Cl. The number of carbonyl (C=O) groups excluding carboxylic acids is 2. The standard InChI is InChI=1S/C21H18ClNO4S/c22-17-15-8-4-5-9-16(15)28-19(17)21(25)27-18(14-6-2-1-3-7-14)20(24)23-10-12-26-13-11-23/h1-9,18H,10-13H2/t18-/m1/s1. The van der Waals surface area contributed by atoms with Crippen LogP contribution in [0.1, 0.15) is 21.3 Å². The highest BCUT2D eigenvalue weighted by Gasteiger charge is 2.32. The highest BCUT2D eigenvalue weighted by Crippen LogP contribution is 2.36. The molecule has 0 radical (unpaired) electrons. The summed E-state index contributed by atoms with van der Waals surface area (Å²) in [4.78, 5) is 28.0. The molecule has 1 aliphatic heterocycles. The van der Waals surface area contributed by atoms with Gasteiger partial charge in [-0.25, -0.2) is 4.79 Å². The molecular weight excluding hydrogens is 398 g/mol. The molecule has 1 fully saturated rings. The van der Waals surface area contributed by atoms with Crippen LogP contribution in [0.15, 0.2) is 54.6 Å². The summed E-state index contributed by atoms with van der Waals surface area (Å²) in [5.74, 6) is -0.846. The summed E-state index contributed by atoms with van der Waals surface area (Å²) in [6.45, 7) is 1.90. The van der Waals surface area contributed by atoms with Crippen LogP contribution in [0.25, 0.3) is 10.1 Å². The number of fused-ring (bicyclic) bond motifs is 1. The topological polar surface area (TPSA) is 55.8 Å². The van der Waals surface area contributed by atoms with Crippen LogP contribution in [0.5, 0.6) is 0 Å². The molecule has 1 saturated heterocycles. The molecule has 1 atom stereocenters. The van der Waals surface area contributed by atoms with Gasteiger partial charge in [0.1, 0.15) is 4.88 Å². The molecule has 1 amide bonds. The van der Waals surface area contributed by atoms with E-state index in [1.807, 2.05) is 42.5 Å². The minimum absolute atomic E-state index is 0.250. The van der Waals surface area contributed by atoms with Gasteiger partial charge in [-0.15, -0.1) is 11.3 Å². The molecule has 2 heterocycles. The number of thiophene rings is 1. The number of amides is 1. The van der Waals surface area contributed by atoms with Crippen LogP contribution in [0.4, 0.5) is 0 Å². The summed E-state index contributed by atoms with van der Waals surface area (Å²) in [5.41, 5.74) is 0.629. The third-order valence-electron chi connectivity index (χ3n) is 4.59. The maximum Gasteiger partial charge on any atom is 0.351 e. The van der Waals surface area contributed by atoms with Crippen molar-refractivity contribution in [1.82, 2.24) is 4.90 Å². The van der Waals surface area contributed by atoms with E-state index in [0.29, 0.717) is 41.8 Å². The second kappa shape index (κ2) is 8.31. The number of hydrogen-bond acceptors (Lipinski definition) is 5. The van der Waals surface area contributed by atoms with Gasteiger partial charge in [0.15, 0.2) is 0 Å². The van der Waals surface area contributed by atoms with Crippen molar-refractivity contribution in [2.24, 2.45) is 0 Å². The third kappa shape index (κ3) is 3.76. The fraction of sp³-hybridized carbons (Fsp3) is 0.238. The summed E-state index contributed by atoms with van der Waals surface area (Å²) in [5, 5.41) is 1.16. The van der Waals surface area contributed by atoms with E-state index in [-0.39, 0.29) is 5.91 Å². The van der Waals surface area contributed by atoms with Crippen LogP contribution >= 0.6 is 22.9 Å². The van der Waals surface area contributed by atoms with E-state index in [1.54, 1.807) is 17.0 Å². The predicted octanol–water partition coefficient (Wildman–Crippen LogP) is 4.31. The first-order valence-electron chi connectivity index (χ1n) is 8.94. The Kier molecular flexibility index (Phi) is 5.62. The van der Waals surface area contributed by atoms with E-state index in [2.05, 4.69) is 0 Å². The zero-order chi connectivity index (χ0) is 19.5. The van der Waals surface area contributed by atoms with Crippen LogP contribution in [0.2, 0.25) is 5.02 Å². The average Bonchev–Trinajstić information content (AvgIpc) is 3.09. The fourth-order valence-corrected chi connectivity index (χ4v) is 4.54. The number of carbonyl (C=O) groups is 2. The fourth-order valence-electron chi connectivity index (χ4n) is 3.14. The number of hydrogen-bond donors (Lipinski definition) is 0. The molecule has 144 valence electrons. The van der Waals surface area contributed by atoms with Gasteiger partial charge in [-0.05, 0) is 6.07 Å². The lowest BCUT2D eigenvalue weighted by Crippen LogP contribution is -2.44. The zero-order valence-corrected chi connectivity index (χ0v) is 16.5. The Hall–Kier alpha value is -2.41. The Morgan fingerprint density at radius 1 is 1.04 bits per heavy atom. The van der Waals surface area contributed by atoms with Crippen molar-refractivity contribution >= 4 is 44.9 Å². The number of nitrogens with zero attached hydrogens (tertiary/aromatic N) is 1. The summed E-state index contributed by atoms with van der Waals surface area (Å²) >= 11 is 7.67. The minimum atomic E-state index is -1.02. The number of ether oxygens (including phenoxy) is 2. The van der Waals surface area contributed by atoms with Gasteiger partial charge < -0.3 is 14.4 Å².